The Kier molecular flexibility index (Phi) is 3.66. The van der Waals surface area contributed by atoms with Gasteiger partial charge in [0.25, 0.3) is 5.91 Å². The summed E-state index contributed by atoms with van der Waals surface area (Å²) in [5.41, 5.74) is 3.78. The molecule has 1 amide bonds. The van der Waals surface area contributed by atoms with Crippen LogP contribution >= 0.6 is 11.8 Å². The first kappa shape index (κ1) is 13.4. The van der Waals surface area contributed by atoms with Crippen molar-refractivity contribution in [3.8, 4) is 0 Å². The van der Waals surface area contributed by atoms with Gasteiger partial charge in [-0.05, 0) is 43.9 Å². The van der Waals surface area contributed by atoms with Gasteiger partial charge in [-0.1, -0.05) is 35.9 Å². The van der Waals surface area contributed by atoms with E-state index >= 15 is 0 Å². The second-order valence-corrected chi connectivity index (χ2v) is 6.61. The summed E-state index contributed by atoms with van der Waals surface area (Å²) >= 11 is 1.55. The number of carbonyl (C=O) groups is 1. The number of hydrogen-bond donors (Lipinski definition) is 2. The second-order valence-electron chi connectivity index (χ2n) is 5.40. The fraction of sp³-hybridized carbons (Fsp3) is 0.375. The molecule has 0 saturated heterocycles. The van der Waals surface area contributed by atoms with Crippen LogP contribution in [0.3, 0.4) is 0 Å². The first-order valence-electron chi connectivity index (χ1n) is 7.02. The van der Waals surface area contributed by atoms with E-state index in [9.17, 15) is 4.79 Å². The van der Waals surface area contributed by atoms with E-state index in [1.807, 2.05) is 31.2 Å². The summed E-state index contributed by atoms with van der Waals surface area (Å²) in [5.74, 6) is -0.120. The third-order valence-electron chi connectivity index (χ3n) is 3.90. The molecule has 3 nitrogen and oxygen atoms in total. The Morgan fingerprint density at radius 2 is 2.05 bits per heavy atom. The van der Waals surface area contributed by atoms with Crippen molar-refractivity contribution < 1.29 is 4.79 Å². The molecule has 1 atom stereocenters. The Labute approximate surface area is 123 Å². The number of carbonyl (C=O) groups excluding carboxylic acids is 1. The van der Waals surface area contributed by atoms with E-state index < -0.39 is 0 Å². The van der Waals surface area contributed by atoms with Gasteiger partial charge >= 0.3 is 0 Å². The topological polar surface area (TPSA) is 53.0 Å². The van der Waals surface area contributed by atoms with Gasteiger partial charge in [0.1, 0.15) is 5.04 Å². The number of fused-ring (bicyclic) bond motifs is 1. The van der Waals surface area contributed by atoms with Crippen LogP contribution in [0.1, 0.15) is 31.2 Å². The molecule has 3 rings (SSSR count). The van der Waals surface area contributed by atoms with E-state index in [1.54, 1.807) is 11.8 Å². The fourth-order valence-corrected chi connectivity index (χ4v) is 4.11. The summed E-state index contributed by atoms with van der Waals surface area (Å²) in [4.78, 5) is 12.4. The molecule has 1 unspecified atom stereocenters. The van der Waals surface area contributed by atoms with Crippen molar-refractivity contribution in [3.05, 3.63) is 41.0 Å². The summed E-state index contributed by atoms with van der Waals surface area (Å²) in [6.45, 7) is 2.02. The summed E-state index contributed by atoms with van der Waals surface area (Å²) in [7, 11) is 0. The van der Waals surface area contributed by atoms with E-state index in [0.717, 1.165) is 24.9 Å². The van der Waals surface area contributed by atoms with Crippen molar-refractivity contribution in [2.75, 3.05) is 5.32 Å². The van der Waals surface area contributed by atoms with Crippen LogP contribution in [0.5, 0.6) is 0 Å². The molecule has 1 saturated carbocycles. The molecule has 2 N–H and O–H groups in total. The van der Waals surface area contributed by atoms with Crippen LogP contribution in [-0.2, 0) is 4.79 Å². The highest BCUT2D eigenvalue weighted by Gasteiger charge is 2.35. The fourth-order valence-electron chi connectivity index (χ4n) is 2.82. The average molecular weight is 286 g/mol. The molecule has 0 radical (unpaired) electrons. The number of benzene rings is 1. The SMILES string of the molecule is Cc1ccc(NC(=O)C2=C3CCCCC3SC2=N)cc1. The lowest BCUT2D eigenvalue weighted by Crippen LogP contribution is -2.19. The van der Waals surface area contributed by atoms with Crippen molar-refractivity contribution in [2.45, 2.75) is 37.9 Å². The molecule has 1 fully saturated rings. The summed E-state index contributed by atoms with van der Waals surface area (Å²) < 4.78 is 0. The van der Waals surface area contributed by atoms with Gasteiger partial charge < -0.3 is 5.32 Å². The first-order valence-corrected chi connectivity index (χ1v) is 7.90. The average Bonchev–Trinajstić information content (AvgIpc) is 2.77. The van der Waals surface area contributed by atoms with Gasteiger partial charge in [0.05, 0.1) is 5.57 Å². The zero-order valence-electron chi connectivity index (χ0n) is 11.5. The molecule has 0 aromatic heterocycles. The minimum Gasteiger partial charge on any atom is -0.322 e. The Morgan fingerprint density at radius 3 is 2.80 bits per heavy atom. The van der Waals surface area contributed by atoms with Crippen LogP contribution in [0.25, 0.3) is 0 Å². The molecule has 0 spiro atoms. The zero-order valence-corrected chi connectivity index (χ0v) is 12.3. The Balaban J connectivity index is 1.82. The number of nitrogens with one attached hydrogen (secondary N) is 2. The molecule has 1 heterocycles. The molecule has 1 aliphatic carbocycles. The molecule has 1 aromatic carbocycles. The largest absolute Gasteiger partial charge is 0.322 e. The quantitative estimate of drug-likeness (QED) is 0.866. The first-order chi connectivity index (χ1) is 9.65. The predicted octanol–water partition coefficient (Wildman–Crippen LogP) is 3.90. The Bertz CT molecular complexity index is 589. The highest BCUT2D eigenvalue weighted by Crippen LogP contribution is 2.43. The maximum Gasteiger partial charge on any atom is 0.258 e. The number of amides is 1. The van der Waals surface area contributed by atoms with Gasteiger partial charge in [-0.2, -0.15) is 0 Å². The lowest BCUT2D eigenvalue weighted by Gasteiger charge is -2.19. The van der Waals surface area contributed by atoms with Crippen LogP contribution in [0.2, 0.25) is 0 Å². The predicted molar refractivity (Wildman–Crippen MR) is 84.4 cm³/mol. The molecule has 104 valence electrons. The van der Waals surface area contributed by atoms with Crippen LogP contribution < -0.4 is 5.32 Å². The van der Waals surface area contributed by atoms with Gasteiger partial charge in [0.15, 0.2) is 0 Å². The molecular weight excluding hydrogens is 268 g/mol. The molecular formula is C16H18N2OS. The lowest BCUT2D eigenvalue weighted by molar-refractivity contribution is -0.112. The highest BCUT2D eigenvalue weighted by atomic mass is 32.2. The van der Waals surface area contributed by atoms with Gasteiger partial charge in [-0.15, -0.1) is 0 Å². The highest BCUT2D eigenvalue weighted by molar-refractivity contribution is 8.15. The molecule has 1 aliphatic heterocycles. The minimum absolute atomic E-state index is 0.120. The minimum atomic E-state index is -0.120. The number of anilines is 1. The number of hydrogen-bond acceptors (Lipinski definition) is 3. The van der Waals surface area contributed by atoms with Gasteiger partial charge in [-0.25, -0.2) is 0 Å². The zero-order chi connectivity index (χ0) is 14.1. The van der Waals surface area contributed by atoms with E-state index in [4.69, 9.17) is 5.41 Å². The van der Waals surface area contributed by atoms with Crippen molar-refractivity contribution in [1.82, 2.24) is 0 Å². The molecule has 1 aromatic rings. The van der Waals surface area contributed by atoms with Gasteiger partial charge in [0.2, 0.25) is 0 Å². The maximum absolute atomic E-state index is 12.4. The standard InChI is InChI=1S/C16H18N2OS/c1-10-6-8-11(9-7-10)18-16(19)14-12-4-2-3-5-13(12)20-15(14)17/h6-9,13,17H,2-5H2,1H3,(H,18,19). The van der Waals surface area contributed by atoms with Gasteiger partial charge in [0, 0.05) is 10.9 Å². The number of rotatable bonds is 2. The third kappa shape index (κ3) is 2.52. The van der Waals surface area contributed by atoms with Crippen molar-refractivity contribution >= 4 is 28.4 Å². The number of thioether (sulfide) groups is 1. The summed E-state index contributed by atoms with van der Waals surface area (Å²) in [6, 6.07) is 7.77. The van der Waals surface area contributed by atoms with Crippen LogP contribution in [-0.4, -0.2) is 16.2 Å². The maximum atomic E-state index is 12.4. The molecule has 4 heteroatoms. The van der Waals surface area contributed by atoms with E-state index in [2.05, 4.69) is 5.32 Å². The van der Waals surface area contributed by atoms with E-state index in [0.29, 0.717) is 15.9 Å². The van der Waals surface area contributed by atoms with Crippen LogP contribution in [0, 0.1) is 12.3 Å². The normalized spacial score (nSPS) is 21.9. The van der Waals surface area contributed by atoms with Gasteiger partial charge in [-0.3, -0.25) is 10.2 Å². The van der Waals surface area contributed by atoms with E-state index in [-0.39, 0.29) is 5.91 Å². The number of aryl methyl sites for hydroxylation is 1. The summed E-state index contributed by atoms with van der Waals surface area (Å²) in [5, 5.41) is 11.8. The van der Waals surface area contributed by atoms with E-state index in [1.165, 1.54) is 17.6 Å². The van der Waals surface area contributed by atoms with Crippen molar-refractivity contribution in [2.24, 2.45) is 0 Å². The smallest absolute Gasteiger partial charge is 0.258 e. The monoisotopic (exact) mass is 286 g/mol. The van der Waals surface area contributed by atoms with Crippen molar-refractivity contribution in [3.63, 3.8) is 0 Å². The van der Waals surface area contributed by atoms with Crippen LogP contribution in [0.15, 0.2) is 35.4 Å². The Morgan fingerprint density at radius 1 is 1.30 bits per heavy atom. The second kappa shape index (κ2) is 5.44. The van der Waals surface area contributed by atoms with Crippen LogP contribution in [0.4, 0.5) is 5.69 Å². The molecule has 0 bridgehead atoms. The molecule has 20 heavy (non-hydrogen) atoms. The third-order valence-corrected chi connectivity index (χ3v) is 5.14. The van der Waals surface area contributed by atoms with Crippen molar-refractivity contribution in [1.29, 1.82) is 5.41 Å². The molecule has 2 aliphatic rings. The lowest BCUT2D eigenvalue weighted by atomic mass is 9.91. The summed E-state index contributed by atoms with van der Waals surface area (Å²) in [6.07, 6.45) is 4.42. The Hall–Kier alpha value is -1.55.